The predicted octanol–water partition coefficient (Wildman–Crippen LogP) is 4.03. The molecule has 0 unspecified atom stereocenters. The number of aromatic nitrogens is 2. The van der Waals surface area contributed by atoms with Crippen molar-refractivity contribution in [3.63, 3.8) is 0 Å². The maximum Gasteiger partial charge on any atom is 0.258 e. The van der Waals surface area contributed by atoms with Crippen molar-refractivity contribution in [2.45, 2.75) is 12.1 Å². The zero-order chi connectivity index (χ0) is 18.5. The number of thioether (sulfide) groups is 1. The SMILES string of the molecule is Cc1cc(=O)n(-c2ccccc2)c(SCC(=O)Nc2ccc(Br)cc2)n1. The number of hydrogen-bond donors (Lipinski definition) is 1. The fourth-order valence-corrected chi connectivity index (χ4v) is 3.47. The number of anilines is 1. The number of aryl methyl sites for hydroxylation is 1. The molecular weight excluding hydrogens is 414 g/mol. The molecule has 1 amide bonds. The summed E-state index contributed by atoms with van der Waals surface area (Å²) in [5, 5.41) is 3.32. The van der Waals surface area contributed by atoms with E-state index in [0.29, 0.717) is 10.9 Å². The molecule has 0 fully saturated rings. The van der Waals surface area contributed by atoms with Crippen LogP contribution in [0, 0.1) is 6.92 Å². The maximum atomic E-state index is 12.4. The van der Waals surface area contributed by atoms with Crippen molar-refractivity contribution in [1.82, 2.24) is 9.55 Å². The quantitative estimate of drug-likeness (QED) is 0.490. The summed E-state index contributed by atoms with van der Waals surface area (Å²) in [7, 11) is 0. The van der Waals surface area contributed by atoms with Crippen LogP contribution in [0.4, 0.5) is 5.69 Å². The fraction of sp³-hybridized carbons (Fsp3) is 0.105. The van der Waals surface area contributed by atoms with Crippen LogP contribution in [0.15, 0.2) is 75.1 Å². The molecule has 3 rings (SSSR count). The molecule has 0 aliphatic carbocycles. The van der Waals surface area contributed by atoms with E-state index < -0.39 is 0 Å². The molecule has 1 heterocycles. The molecular formula is C19H16BrN3O2S. The Hall–Kier alpha value is -2.38. The summed E-state index contributed by atoms with van der Waals surface area (Å²) in [6, 6.07) is 18.1. The van der Waals surface area contributed by atoms with E-state index in [1.54, 1.807) is 6.92 Å². The van der Waals surface area contributed by atoms with Gasteiger partial charge < -0.3 is 5.32 Å². The Labute approximate surface area is 163 Å². The van der Waals surface area contributed by atoms with Gasteiger partial charge in [0.1, 0.15) is 0 Å². The third-order valence-corrected chi connectivity index (χ3v) is 4.96. The first-order chi connectivity index (χ1) is 12.5. The number of rotatable bonds is 5. The van der Waals surface area contributed by atoms with Crippen LogP contribution < -0.4 is 10.9 Å². The number of benzene rings is 2. The van der Waals surface area contributed by atoms with E-state index in [4.69, 9.17) is 0 Å². The molecule has 3 aromatic rings. The standard InChI is InChI=1S/C19H16BrN3O2S/c1-13-11-18(25)23(16-5-3-2-4-6-16)19(21-13)26-12-17(24)22-15-9-7-14(20)8-10-15/h2-11H,12H2,1H3,(H,22,24). The zero-order valence-corrected chi connectivity index (χ0v) is 16.4. The summed E-state index contributed by atoms with van der Waals surface area (Å²) < 4.78 is 2.46. The van der Waals surface area contributed by atoms with Crippen LogP contribution in [0.2, 0.25) is 0 Å². The Morgan fingerprint density at radius 1 is 1.15 bits per heavy atom. The minimum absolute atomic E-state index is 0.152. The lowest BCUT2D eigenvalue weighted by atomic mass is 10.3. The van der Waals surface area contributed by atoms with Gasteiger partial charge in [-0.15, -0.1) is 0 Å². The molecule has 1 N–H and O–H groups in total. The maximum absolute atomic E-state index is 12.4. The molecule has 132 valence electrons. The number of halogens is 1. The minimum Gasteiger partial charge on any atom is -0.325 e. The topological polar surface area (TPSA) is 64.0 Å². The summed E-state index contributed by atoms with van der Waals surface area (Å²) in [4.78, 5) is 29.1. The van der Waals surface area contributed by atoms with Gasteiger partial charge in [-0.3, -0.25) is 14.2 Å². The van der Waals surface area contributed by atoms with Gasteiger partial charge in [-0.2, -0.15) is 0 Å². The van der Waals surface area contributed by atoms with Crippen molar-refractivity contribution in [2.24, 2.45) is 0 Å². The summed E-state index contributed by atoms with van der Waals surface area (Å²) in [5.74, 6) is -0.00797. The number of amides is 1. The van der Waals surface area contributed by atoms with Gasteiger partial charge in [0.2, 0.25) is 5.91 Å². The smallest absolute Gasteiger partial charge is 0.258 e. The van der Waals surface area contributed by atoms with Crippen LogP contribution in [0.3, 0.4) is 0 Å². The lowest BCUT2D eigenvalue weighted by Gasteiger charge is -2.12. The van der Waals surface area contributed by atoms with Crippen LogP contribution >= 0.6 is 27.7 Å². The Bertz CT molecular complexity index is 972. The van der Waals surface area contributed by atoms with Crippen molar-refractivity contribution >= 4 is 39.3 Å². The molecule has 26 heavy (non-hydrogen) atoms. The molecule has 0 aliphatic rings. The van der Waals surface area contributed by atoms with Gasteiger partial charge in [-0.05, 0) is 43.3 Å². The van der Waals surface area contributed by atoms with E-state index in [-0.39, 0.29) is 17.2 Å². The van der Waals surface area contributed by atoms with Crippen LogP contribution in [0.1, 0.15) is 5.69 Å². The molecule has 0 radical (unpaired) electrons. The number of para-hydroxylation sites is 1. The average molecular weight is 430 g/mol. The second-order valence-electron chi connectivity index (χ2n) is 5.53. The minimum atomic E-state index is -0.167. The molecule has 1 aromatic heterocycles. The van der Waals surface area contributed by atoms with Crippen molar-refractivity contribution in [3.05, 3.63) is 81.2 Å². The van der Waals surface area contributed by atoms with Crippen LogP contribution in [-0.2, 0) is 4.79 Å². The molecule has 0 spiro atoms. The fourth-order valence-electron chi connectivity index (χ4n) is 2.34. The Kier molecular flexibility index (Phi) is 5.90. The molecule has 2 aromatic carbocycles. The largest absolute Gasteiger partial charge is 0.325 e. The average Bonchev–Trinajstić information content (AvgIpc) is 2.62. The normalized spacial score (nSPS) is 10.5. The number of nitrogens with zero attached hydrogens (tertiary/aromatic N) is 2. The van der Waals surface area contributed by atoms with Gasteiger partial charge >= 0.3 is 0 Å². The van der Waals surface area contributed by atoms with Gasteiger partial charge in [-0.25, -0.2) is 4.98 Å². The van der Waals surface area contributed by atoms with Gasteiger partial charge in [0.15, 0.2) is 5.16 Å². The summed E-state index contributed by atoms with van der Waals surface area (Å²) >= 11 is 4.59. The van der Waals surface area contributed by atoms with Crippen molar-refractivity contribution in [2.75, 3.05) is 11.1 Å². The monoisotopic (exact) mass is 429 g/mol. The van der Waals surface area contributed by atoms with E-state index in [1.807, 2.05) is 54.6 Å². The van der Waals surface area contributed by atoms with Crippen molar-refractivity contribution in [3.8, 4) is 5.69 Å². The molecule has 0 bridgehead atoms. The Morgan fingerprint density at radius 3 is 2.54 bits per heavy atom. The van der Waals surface area contributed by atoms with E-state index in [9.17, 15) is 9.59 Å². The first kappa shape index (κ1) is 18.4. The highest BCUT2D eigenvalue weighted by Crippen LogP contribution is 2.19. The van der Waals surface area contributed by atoms with E-state index >= 15 is 0 Å². The third-order valence-electron chi connectivity index (χ3n) is 3.49. The predicted molar refractivity (Wildman–Crippen MR) is 108 cm³/mol. The van der Waals surface area contributed by atoms with Gasteiger partial charge in [0, 0.05) is 21.9 Å². The highest BCUT2D eigenvalue weighted by Gasteiger charge is 2.12. The first-order valence-electron chi connectivity index (χ1n) is 7.87. The van der Waals surface area contributed by atoms with Crippen molar-refractivity contribution < 1.29 is 4.79 Å². The molecule has 0 saturated carbocycles. The summed E-state index contributed by atoms with van der Waals surface area (Å²) in [5.41, 5.74) is 1.90. The van der Waals surface area contributed by atoms with Gasteiger partial charge in [0.05, 0.1) is 11.4 Å². The Balaban J connectivity index is 1.78. The number of carbonyl (C=O) groups is 1. The molecule has 0 saturated heterocycles. The van der Waals surface area contributed by atoms with Crippen LogP contribution in [-0.4, -0.2) is 21.2 Å². The molecule has 5 nitrogen and oxygen atoms in total. The van der Waals surface area contributed by atoms with Gasteiger partial charge in [0.25, 0.3) is 5.56 Å². The lowest BCUT2D eigenvalue weighted by molar-refractivity contribution is -0.113. The highest BCUT2D eigenvalue weighted by atomic mass is 79.9. The van der Waals surface area contributed by atoms with Crippen molar-refractivity contribution in [1.29, 1.82) is 0 Å². The Morgan fingerprint density at radius 2 is 1.85 bits per heavy atom. The van der Waals surface area contributed by atoms with E-state index in [2.05, 4.69) is 26.2 Å². The molecule has 0 aliphatic heterocycles. The lowest BCUT2D eigenvalue weighted by Crippen LogP contribution is -2.22. The zero-order valence-electron chi connectivity index (χ0n) is 14.0. The summed E-state index contributed by atoms with van der Waals surface area (Å²) in [6.45, 7) is 1.77. The van der Waals surface area contributed by atoms with E-state index in [1.165, 1.54) is 22.4 Å². The molecule has 0 atom stereocenters. The van der Waals surface area contributed by atoms with Gasteiger partial charge in [-0.1, -0.05) is 45.9 Å². The first-order valence-corrected chi connectivity index (χ1v) is 9.65. The number of nitrogens with one attached hydrogen (secondary N) is 1. The summed E-state index contributed by atoms with van der Waals surface area (Å²) in [6.07, 6.45) is 0. The molecule has 7 heteroatoms. The number of carbonyl (C=O) groups excluding carboxylic acids is 1. The third kappa shape index (κ3) is 4.62. The number of hydrogen-bond acceptors (Lipinski definition) is 4. The second kappa shape index (κ2) is 8.33. The van der Waals surface area contributed by atoms with Crippen LogP contribution in [0.25, 0.3) is 5.69 Å². The second-order valence-corrected chi connectivity index (χ2v) is 7.39. The highest BCUT2D eigenvalue weighted by molar-refractivity contribution is 9.10. The van der Waals surface area contributed by atoms with E-state index in [0.717, 1.165) is 15.8 Å². The van der Waals surface area contributed by atoms with Crippen LogP contribution in [0.5, 0.6) is 0 Å².